The third-order valence-corrected chi connectivity index (χ3v) is 7.26. The highest BCUT2D eigenvalue weighted by molar-refractivity contribution is 7.90. The van der Waals surface area contributed by atoms with Crippen LogP contribution >= 0.6 is 0 Å². The van der Waals surface area contributed by atoms with Gasteiger partial charge in [0.15, 0.2) is 0 Å². The fourth-order valence-corrected chi connectivity index (χ4v) is 4.70. The standard InChI is InChI=1S/C22H29F2N3O5S/c1-22(2,3)33(31)26-18(13-5-4-6-14(23)11-13)17(24)12-16-19(28)25-21(30)27(20(16)29)15-7-9-32-10-8-15/h4-6,11,15-18,26H,7-10,12H2,1-3H3,(H,25,28,30)/t16?,17-,18?,33+/m0/s1. The summed E-state index contributed by atoms with van der Waals surface area (Å²) in [5.74, 6) is -3.70. The quantitative estimate of drug-likeness (QED) is 0.454. The summed E-state index contributed by atoms with van der Waals surface area (Å²) in [4.78, 5) is 38.9. The van der Waals surface area contributed by atoms with Gasteiger partial charge in [-0.05, 0) is 51.3 Å². The number of nitrogens with zero attached hydrogens (tertiary/aromatic N) is 1. The number of nitrogens with one attached hydrogen (secondary N) is 2. The third-order valence-electron chi connectivity index (χ3n) is 5.68. The summed E-state index contributed by atoms with van der Waals surface area (Å²) in [5, 5.41) is 2.14. The van der Waals surface area contributed by atoms with Crippen molar-refractivity contribution >= 4 is 29.2 Å². The fraction of sp³-hybridized carbons (Fsp3) is 0.591. The van der Waals surface area contributed by atoms with Crippen LogP contribution in [0.3, 0.4) is 0 Å². The Morgan fingerprint density at radius 2 is 1.94 bits per heavy atom. The second-order valence-corrected chi connectivity index (χ2v) is 11.2. The molecule has 2 N–H and O–H groups in total. The molecule has 4 amide bonds. The van der Waals surface area contributed by atoms with Crippen molar-refractivity contribution < 1.29 is 32.5 Å². The molecule has 182 valence electrons. The van der Waals surface area contributed by atoms with E-state index in [2.05, 4.69) is 10.0 Å². The monoisotopic (exact) mass is 485 g/mol. The summed E-state index contributed by atoms with van der Waals surface area (Å²) in [6, 6.07) is 2.69. The van der Waals surface area contributed by atoms with Crippen LogP contribution in [0.1, 0.15) is 51.6 Å². The van der Waals surface area contributed by atoms with E-state index in [0.29, 0.717) is 26.1 Å². The molecule has 1 aromatic rings. The maximum absolute atomic E-state index is 15.7. The minimum absolute atomic E-state index is 0.195. The van der Waals surface area contributed by atoms with Gasteiger partial charge >= 0.3 is 6.03 Å². The number of alkyl halides is 1. The van der Waals surface area contributed by atoms with Gasteiger partial charge in [-0.1, -0.05) is 12.1 Å². The van der Waals surface area contributed by atoms with Crippen molar-refractivity contribution in [2.75, 3.05) is 13.2 Å². The van der Waals surface area contributed by atoms with Crippen molar-refractivity contribution in [2.45, 2.75) is 63.0 Å². The highest BCUT2D eigenvalue weighted by Gasteiger charge is 2.46. The van der Waals surface area contributed by atoms with Gasteiger partial charge in [-0.2, -0.15) is 0 Å². The van der Waals surface area contributed by atoms with Crippen molar-refractivity contribution in [1.29, 1.82) is 0 Å². The molecular weight excluding hydrogens is 456 g/mol. The molecule has 3 rings (SSSR count). The van der Waals surface area contributed by atoms with Gasteiger partial charge in [0.25, 0.3) is 0 Å². The molecule has 33 heavy (non-hydrogen) atoms. The van der Waals surface area contributed by atoms with Gasteiger partial charge in [-0.15, -0.1) is 4.72 Å². The summed E-state index contributed by atoms with van der Waals surface area (Å²) in [5.41, 5.74) is 0.195. The number of benzene rings is 1. The van der Waals surface area contributed by atoms with Crippen LogP contribution in [0.2, 0.25) is 0 Å². The molecule has 0 radical (unpaired) electrons. The molecule has 2 aliphatic heterocycles. The third kappa shape index (κ3) is 6.08. The molecule has 4 atom stereocenters. The zero-order valence-electron chi connectivity index (χ0n) is 18.8. The Balaban J connectivity index is 1.83. The number of urea groups is 1. The van der Waals surface area contributed by atoms with E-state index in [1.807, 2.05) is 0 Å². The minimum Gasteiger partial charge on any atom is -0.598 e. The maximum atomic E-state index is 15.7. The average Bonchev–Trinajstić information content (AvgIpc) is 2.74. The number of carbonyl (C=O) groups is 3. The molecule has 2 heterocycles. The summed E-state index contributed by atoms with van der Waals surface area (Å²) in [7, 11) is 0. The second-order valence-electron chi connectivity index (χ2n) is 9.18. The smallest absolute Gasteiger partial charge is 0.331 e. The summed E-state index contributed by atoms with van der Waals surface area (Å²) >= 11 is -1.71. The predicted molar refractivity (Wildman–Crippen MR) is 117 cm³/mol. The lowest BCUT2D eigenvalue weighted by Crippen LogP contribution is -2.62. The van der Waals surface area contributed by atoms with Crippen molar-refractivity contribution in [1.82, 2.24) is 14.9 Å². The van der Waals surface area contributed by atoms with E-state index in [0.717, 1.165) is 11.0 Å². The van der Waals surface area contributed by atoms with Gasteiger partial charge in [0.05, 0.1) is 0 Å². The lowest BCUT2D eigenvalue weighted by atomic mass is 9.91. The molecular formula is C22H29F2N3O5S. The SMILES string of the molecule is CC(C)(C)[S@@+]([O-])NC(c1cccc(F)c1)[C@@H](F)CC1C(=O)NC(=O)N(C2CCOCC2)C1=O. The molecule has 1 aromatic carbocycles. The van der Waals surface area contributed by atoms with E-state index in [4.69, 9.17) is 4.74 Å². The minimum atomic E-state index is -1.87. The van der Waals surface area contributed by atoms with E-state index in [1.165, 1.54) is 18.2 Å². The first kappa shape index (κ1) is 25.5. The van der Waals surface area contributed by atoms with Crippen molar-refractivity contribution in [3.63, 3.8) is 0 Å². The van der Waals surface area contributed by atoms with E-state index >= 15 is 4.39 Å². The van der Waals surface area contributed by atoms with Crippen LogP contribution in [0.4, 0.5) is 13.6 Å². The zero-order chi connectivity index (χ0) is 24.3. The van der Waals surface area contributed by atoms with Gasteiger partial charge in [0.1, 0.15) is 28.7 Å². The number of imide groups is 2. The van der Waals surface area contributed by atoms with Crippen LogP contribution in [0.5, 0.6) is 0 Å². The number of ether oxygens (including phenoxy) is 1. The highest BCUT2D eigenvalue weighted by Crippen LogP contribution is 2.31. The molecule has 11 heteroatoms. The summed E-state index contributed by atoms with van der Waals surface area (Å²) < 4.78 is 49.4. The van der Waals surface area contributed by atoms with Crippen LogP contribution in [-0.2, 0) is 25.7 Å². The number of amides is 4. The van der Waals surface area contributed by atoms with E-state index in [9.17, 15) is 23.3 Å². The average molecular weight is 486 g/mol. The van der Waals surface area contributed by atoms with Crippen LogP contribution in [-0.4, -0.2) is 57.5 Å². The largest absolute Gasteiger partial charge is 0.598 e. The van der Waals surface area contributed by atoms with Gasteiger partial charge < -0.3 is 9.29 Å². The number of rotatable bonds is 7. The molecule has 0 spiro atoms. The predicted octanol–water partition coefficient (Wildman–Crippen LogP) is 2.52. The van der Waals surface area contributed by atoms with E-state index in [1.54, 1.807) is 20.8 Å². The number of halogens is 2. The van der Waals surface area contributed by atoms with Crippen molar-refractivity contribution in [2.24, 2.45) is 5.92 Å². The molecule has 0 aliphatic carbocycles. The Kier molecular flexibility index (Phi) is 8.09. The number of hydrogen-bond donors (Lipinski definition) is 2. The lowest BCUT2D eigenvalue weighted by Gasteiger charge is -2.38. The summed E-state index contributed by atoms with van der Waals surface area (Å²) in [6.45, 7) is 5.83. The van der Waals surface area contributed by atoms with Crippen LogP contribution in [0.25, 0.3) is 0 Å². The van der Waals surface area contributed by atoms with Crippen molar-refractivity contribution in [3.05, 3.63) is 35.6 Å². The Labute approximate surface area is 194 Å². The van der Waals surface area contributed by atoms with Gasteiger partial charge in [0.2, 0.25) is 11.8 Å². The maximum Gasteiger partial charge on any atom is 0.331 e. The molecule has 0 aromatic heterocycles. The molecule has 2 saturated heterocycles. The second kappa shape index (κ2) is 10.5. The highest BCUT2D eigenvalue weighted by atomic mass is 32.2. The zero-order valence-corrected chi connectivity index (χ0v) is 19.6. The first-order valence-corrected chi connectivity index (χ1v) is 12.0. The summed E-state index contributed by atoms with van der Waals surface area (Å²) in [6.07, 6.45) is -1.58. The topological polar surface area (TPSA) is 111 Å². The molecule has 2 fully saturated rings. The van der Waals surface area contributed by atoms with Gasteiger partial charge in [0, 0.05) is 37.0 Å². The van der Waals surface area contributed by atoms with Crippen molar-refractivity contribution in [3.8, 4) is 0 Å². The number of hydrogen-bond acceptors (Lipinski definition) is 6. The molecule has 0 saturated carbocycles. The van der Waals surface area contributed by atoms with E-state index in [-0.39, 0.29) is 5.56 Å². The number of barbiturate groups is 1. The first-order chi connectivity index (χ1) is 15.5. The molecule has 0 bridgehead atoms. The Morgan fingerprint density at radius 1 is 1.27 bits per heavy atom. The van der Waals surface area contributed by atoms with Crippen LogP contribution < -0.4 is 10.0 Å². The molecule has 8 nitrogen and oxygen atoms in total. The van der Waals surface area contributed by atoms with Crippen LogP contribution in [0, 0.1) is 11.7 Å². The fourth-order valence-electron chi connectivity index (χ4n) is 3.83. The Hall–Kier alpha value is -2.08. The normalized spacial score (nSPS) is 23.3. The number of carbonyl (C=O) groups excluding carboxylic acids is 3. The Morgan fingerprint density at radius 3 is 2.55 bits per heavy atom. The molecule has 2 aliphatic rings. The molecule has 2 unspecified atom stereocenters. The van der Waals surface area contributed by atoms with Gasteiger partial charge in [-0.25, -0.2) is 13.6 Å². The van der Waals surface area contributed by atoms with E-state index < -0.39 is 70.4 Å². The lowest BCUT2D eigenvalue weighted by molar-refractivity contribution is -0.146. The first-order valence-electron chi connectivity index (χ1n) is 10.8. The van der Waals surface area contributed by atoms with Gasteiger partial charge in [-0.3, -0.25) is 19.8 Å². The Bertz CT molecular complexity index is 891. The van der Waals surface area contributed by atoms with Crippen LogP contribution in [0.15, 0.2) is 24.3 Å².